The highest BCUT2D eigenvalue weighted by molar-refractivity contribution is 7.99. The number of thioether (sulfide) groups is 1. The summed E-state index contributed by atoms with van der Waals surface area (Å²) in [5.74, 6) is 0.571. The number of aryl methyl sites for hydroxylation is 1. The lowest BCUT2D eigenvalue weighted by molar-refractivity contribution is -0.119. The summed E-state index contributed by atoms with van der Waals surface area (Å²) in [6, 6.07) is 17.5. The van der Waals surface area contributed by atoms with Gasteiger partial charge in [0.2, 0.25) is 5.91 Å². The van der Waals surface area contributed by atoms with E-state index < -0.39 is 0 Å². The molecule has 5 nitrogen and oxygen atoms in total. The van der Waals surface area contributed by atoms with Crippen LogP contribution in [0.3, 0.4) is 0 Å². The van der Waals surface area contributed by atoms with Gasteiger partial charge in [0.1, 0.15) is 4.83 Å². The number of para-hydroxylation sites is 1. The Balaban J connectivity index is 1.43. The first-order valence-corrected chi connectivity index (χ1v) is 13.0. The number of hydrogen-bond acceptors (Lipinski definition) is 5. The molecule has 1 aliphatic rings. The second kappa shape index (κ2) is 9.15. The van der Waals surface area contributed by atoms with Gasteiger partial charge in [-0.2, -0.15) is 0 Å². The van der Waals surface area contributed by atoms with E-state index in [1.165, 1.54) is 23.1 Å². The quantitative estimate of drug-likeness (QED) is 0.279. The molecule has 2 aromatic carbocycles. The van der Waals surface area contributed by atoms with E-state index in [1.54, 1.807) is 4.57 Å². The summed E-state index contributed by atoms with van der Waals surface area (Å²) >= 11 is 2.82. The Morgan fingerprint density at radius 1 is 1.18 bits per heavy atom. The Morgan fingerprint density at radius 3 is 2.64 bits per heavy atom. The SMILES string of the molecule is Cc1ccccc1C(C)NC(=O)CSc1nc2scc(C3CC3)c2c(=O)n1-c1ccccc1. The minimum absolute atomic E-state index is 0.0504. The molecule has 1 amide bonds. The molecule has 1 saturated carbocycles. The maximum absolute atomic E-state index is 13.6. The van der Waals surface area contributed by atoms with Gasteiger partial charge < -0.3 is 5.32 Å². The number of thiophene rings is 1. The summed E-state index contributed by atoms with van der Waals surface area (Å²) in [7, 11) is 0. The number of fused-ring (bicyclic) bond motifs is 1. The lowest BCUT2D eigenvalue weighted by Gasteiger charge is -2.17. The van der Waals surface area contributed by atoms with Crippen molar-refractivity contribution in [2.24, 2.45) is 0 Å². The Bertz CT molecular complexity index is 1370. The van der Waals surface area contributed by atoms with E-state index in [1.807, 2.05) is 68.4 Å². The van der Waals surface area contributed by atoms with Crippen LogP contribution in [-0.4, -0.2) is 21.2 Å². The molecule has 5 rings (SSSR count). The topological polar surface area (TPSA) is 64.0 Å². The van der Waals surface area contributed by atoms with Crippen LogP contribution in [-0.2, 0) is 4.79 Å². The van der Waals surface area contributed by atoms with Crippen LogP contribution in [0.15, 0.2) is 69.9 Å². The summed E-state index contributed by atoms with van der Waals surface area (Å²) in [5, 5.41) is 6.43. The van der Waals surface area contributed by atoms with Gasteiger partial charge in [-0.15, -0.1) is 11.3 Å². The van der Waals surface area contributed by atoms with Gasteiger partial charge in [-0.05, 0) is 66.8 Å². The van der Waals surface area contributed by atoms with Crippen molar-refractivity contribution in [3.63, 3.8) is 0 Å². The van der Waals surface area contributed by atoms with Crippen molar-refractivity contribution < 1.29 is 4.79 Å². The molecule has 2 aromatic heterocycles. The van der Waals surface area contributed by atoms with Crippen molar-refractivity contribution in [1.29, 1.82) is 0 Å². The van der Waals surface area contributed by atoms with E-state index in [-0.39, 0.29) is 23.3 Å². The number of hydrogen-bond donors (Lipinski definition) is 1. The zero-order valence-electron chi connectivity index (χ0n) is 18.6. The van der Waals surface area contributed by atoms with Crippen LogP contribution in [0.1, 0.15) is 48.4 Å². The molecule has 168 valence electrons. The highest BCUT2D eigenvalue weighted by atomic mass is 32.2. The van der Waals surface area contributed by atoms with E-state index in [2.05, 4.69) is 10.7 Å². The molecule has 0 radical (unpaired) electrons. The minimum atomic E-state index is -0.0931. The highest BCUT2D eigenvalue weighted by Gasteiger charge is 2.29. The number of nitrogens with one attached hydrogen (secondary N) is 1. The van der Waals surface area contributed by atoms with Crippen LogP contribution in [0.5, 0.6) is 0 Å². The van der Waals surface area contributed by atoms with Gasteiger partial charge in [0, 0.05) is 0 Å². The lowest BCUT2D eigenvalue weighted by Crippen LogP contribution is -2.29. The van der Waals surface area contributed by atoms with Gasteiger partial charge in [-0.1, -0.05) is 54.2 Å². The first-order chi connectivity index (χ1) is 16.0. The molecule has 1 aliphatic carbocycles. The van der Waals surface area contributed by atoms with Gasteiger partial charge in [-0.3, -0.25) is 14.2 Å². The van der Waals surface area contributed by atoms with Gasteiger partial charge in [0.25, 0.3) is 5.56 Å². The van der Waals surface area contributed by atoms with E-state index in [0.29, 0.717) is 11.1 Å². The van der Waals surface area contributed by atoms with Crippen molar-refractivity contribution in [1.82, 2.24) is 14.9 Å². The Hall–Kier alpha value is -2.90. The Labute approximate surface area is 200 Å². The smallest absolute Gasteiger partial charge is 0.267 e. The van der Waals surface area contributed by atoms with Crippen molar-refractivity contribution in [2.45, 2.75) is 43.8 Å². The number of amides is 1. The minimum Gasteiger partial charge on any atom is -0.349 e. The molecule has 4 aromatic rings. The zero-order valence-corrected chi connectivity index (χ0v) is 20.2. The third-order valence-corrected chi connectivity index (χ3v) is 7.83. The van der Waals surface area contributed by atoms with Crippen LogP contribution in [0.25, 0.3) is 15.9 Å². The monoisotopic (exact) mass is 475 g/mol. The standard InChI is InChI=1S/C26H25N3O2S2/c1-16-8-6-7-11-20(16)17(2)27-22(30)15-33-26-28-24-23(21(14-32-24)18-12-13-18)25(31)29(26)19-9-4-3-5-10-19/h3-11,14,17-18H,12-13,15H2,1-2H3,(H,27,30). The number of rotatable bonds is 7. The number of carbonyl (C=O) groups is 1. The molecular weight excluding hydrogens is 450 g/mol. The van der Waals surface area contributed by atoms with Crippen LogP contribution < -0.4 is 10.9 Å². The Morgan fingerprint density at radius 2 is 1.91 bits per heavy atom. The van der Waals surface area contributed by atoms with Crippen LogP contribution in [0.4, 0.5) is 0 Å². The van der Waals surface area contributed by atoms with Gasteiger partial charge in [0.05, 0.1) is 22.9 Å². The zero-order chi connectivity index (χ0) is 22.9. The summed E-state index contributed by atoms with van der Waals surface area (Å²) in [4.78, 5) is 32.0. The lowest BCUT2D eigenvalue weighted by atomic mass is 10.0. The molecule has 0 spiro atoms. The third kappa shape index (κ3) is 4.48. The fourth-order valence-corrected chi connectivity index (χ4v) is 6.04. The molecular formula is C26H25N3O2S2. The summed E-state index contributed by atoms with van der Waals surface area (Å²) in [6.07, 6.45) is 2.26. The fourth-order valence-electron chi connectivity index (χ4n) is 4.15. The predicted molar refractivity (Wildman–Crippen MR) is 136 cm³/mol. The molecule has 0 saturated heterocycles. The maximum atomic E-state index is 13.6. The normalized spacial score (nSPS) is 14.4. The number of benzene rings is 2. The van der Waals surface area contributed by atoms with Crippen molar-refractivity contribution in [3.05, 3.63) is 87.0 Å². The van der Waals surface area contributed by atoms with Crippen molar-refractivity contribution in [3.8, 4) is 5.69 Å². The molecule has 2 heterocycles. The van der Waals surface area contributed by atoms with E-state index in [9.17, 15) is 9.59 Å². The molecule has 0 aliphatic heterocycles. The number of carbonyl (C=O) groups excluding carboxylic acids is 1. The van der Waals surface area contributed by atoms with Crippen molar-refractivity contribution >= 4 is 39.2 Å². The second-order valence-corrected chi connectivity index (χ2v) is 10.3. The Kier molecular flexibility index (Phi) is 6.08. The molecule has 0 bridgehead atoms. The highest BCUT2D eigenvalue weighted by Crippen LogP contribution is 2.44. The van der Waals surface area contributed by atoms with Crippen LogP contribution >= 0.6 is 23.1 Å². The molecule has 1 unspecified atom stereocenters. The maximum Gasteiger partial charge on any atom is 0.267 e. The van der Waals surface area contributed by atoms with Crippen molar-refractivity contribution in [2.75, 3.05) is 5.75 Å². The predicted octanol–water partition coefficient (Wildman–Crippen LogP) is 5.60. The number of nitrogens with zero attached hydrogens (tertiary/aromatic N) is 2. The fraction of sp³-hybridized carbons (Fsp3) is 0.269. The summed E-state index contributed by atoms with van der Waals surface area (Å²) < 4.78 is 1.66. The number of aromatic nitrogens is 2. The van der Waals surface area contributed by atoms with Gasteiger partial charge >= 0.3 is 0 Å². The molecule has 1 atom stereocenters. The summed E-state index contributed by atoms with van der Waals surface area (Å²) in [6.45, 7) is 4.03. The van der Waals surface area contributed by atoms with E-state index in [0.717, 1.165) is 45.4 Å². The van der Waals surface area contributed by atoms with Crippen LogP contribution in [0, 0.1) is 6.92 Å². The largest absolute Gasteiger partial charge is 0.349 e. The first-order valence-electron chi connectivity index (χ1n) is 11.1. The first kappa shape index (κ1) is 21.9. The van der Waals surface area contributed by atoms with E-state index in [4.69, 9.17) is 4.98 Å². The average molecular weight is 476 g/mol. The molecule has 33 heavy (non-hydrogen) atoms. The average Bonchev–Trinajstić information content (AvgIpc) is 3.57. The van der Waals surface area contributed by atoms with Crippen LogP contribution in [0.2, 0.25) is 0 Å². The van der Waals surface area contributed by atoms with E-state index >= 15 is 0 Å². The van der Waals surface area contributed by atoms with Gasteiger partial charge in [0.15, 0.2) is 5.16 Å². The molecule has 1 fully saturated rings. The van der Waals surface area contributed by atoms with Gasteiger partial charge in [-0.25, -0.2) is 4.98 Å². The summed E-state index contributed by atoms with van der Waals surface area (Å²) in [5.41, 5.74) is 4.08. The third-order valence-electron chi connectivity index (χ3n) is 6.00. The molecule has 1 N–H and O–H groups in total. The molecule has 7 heteroatoms. The second-order valence-electron chi connectivity index (χ2n) is 8.45.